The van der Waals surface area contributed by atoms with Crippen LogP contribution in [-0.4, -0.2) is 19.0 Å². The summed E-state index contributed by atoms with van der Waals surface area (Å²) in [7, 11) is 4.17. The molecule has 0 aliphatic rings. The van der Waals surface area contributed by atoms with E-state index < -0.39 is 0 Å². The first-order valence-electron chi connectivity index (χ1n) is 4.58. The van der Waals surface area contributed by atoms with E-state index >= 15 is 0 Å². The van der Waals surface area contributed by atoms with E-state index in [2.05, 4.69) is 55.4 Å². The van der Waals surface area contributed by atoms with E-state index in [1.165, 1.54) is 11.1 Å². The van der Waals surface area contributed by atoms with Crippen LogP contribution in [0.4, 0.5) is 0 Å². The molecule has 70 valence electrons. The van der Waals surface area contributed by atoms with Gasteiger partial charge in [0.2, 0.25) is 0 Å². The van der Waals surface area contributed by atoms with Gasteiger partial charge in [0.1, 0.15) is 0 Å². The van der Waals surface area contributed by atoms with E-state index in [1.807, 2.05) is 6.92 Å². The summed E-state index contributed by atoms with van der Waals surface area (Å²) in [6.45, 7) is 3.05. The van der Waals surface area contributed by atoms with E-state index in [-0.39, 0.29) is 0 Å². The van der Waals surface area contributed by atoms with Crippen molar-refractivity contribution in [2.45, 2.75) is 13.5 Å². The van der Waals surface area contributed by atoms with Gasteiger partial charge in [0, 0.05) is 6.54 Å². The normalized spacial score (nSPS) is 11.4. The van der Waals surface area contributed by atoms with Gasteiger partial charge >= 0.3 is 0 Å². The molecule has 1 nitrogen and oxygen atoms in total. The Labute approximate surface area is 80.7 Å². The van der Waals surface area contributed by atoms with Crippen LogP contribution in [0.15, 0.2) is 30.3 Å². The summed E-state index contributed by atoms with van der Waals surface area (Å²) in [5.74, 6) is 0. The first-order valence-corrected chi connectivity index (χ1v) is 4.58. The van der Waals surface area contributed by atoms with Crippen molar-refractivity contribution in [2.75, 3.05) is 14.1 Å². The summed E-state index contributed by atoms with van der Waals surface area (Å²) in [5, 5.41) is 0. The van der Waals surface area contributed by atoms with Crippen LogP contribution in [0.1, 0.15) is 18.1 Å². The summed E-state index contributed by atoms with van der Waals surface area (Å²) in [6.07, 6.45) is 4.19. The number of nitrogens with zero attached hydrogens (tertiary/aromatic N) is 1. The molecule has 0 amide bonds. The molecule has 0 aliphatic carbocycles. The molecule has 0 N–H and O–H groups in total. The average molecular weight is 175 g/mol. The Morgan fingerprint density at radius 1 is 1.31 bits per heavy atom. The molecule has 0 saturated heterocycles. The zero-order chi connectivity index (χ0) is 9.68. The Morgan fingerprint density at radius 2 is 2.08 bits per heavy atom. The summed E-state index contributed by atoms with van der Waals surface area (Å²) in [6, 6.07) is 8.61. The lowest BCUT2D eigenvalue weighted by Gasteiger charge is -2.09. The van der Waals surface area contributed by atoms with Gasteiger partial charge in [0.25, 0.3) is 0 Å². The minimum atomic E-state index is 1.01. The van der Waals surface area contributed by atoms with E-state index in [9.17, 15) is 0 Å². The molecule has 13 heavy (non-hydrogen) atoms. The zero-order valence-electron chi connectivity index (χ0n) is 8.62. The van der Waals surface area contributed by atoms with Gasteiger partial charge in [-0.25, -0.2) is 0 Å². The fourth-order valence-electron chi connectivity index (χ4n) is 1.35. The predicted octanol–water partition coefficient (Wildman–Crippen LogP) is 2.78. The molecule has 0 fully saturated rings. The third kappa shape index (κ3) is 3.43. The molecule has 1 rings (SSSR count). The summed E-state index contributed by atoms with van der Waals surface area (Å²) in [4.78, 5) is 2.18. The fourth-order valence-corrected chi connectivity index (χ4v) is 1.35. The van der Waals surface area contributed by atoms with Crippen molar-refractivity contribution in [1.82, 2.24) is 4.90 Å². The van der Waals surface area contributed by atoms with Crippen LogP contribution in [0.3, 0.4) is 0 Å². The van der Waals surface area contributed by atoms with Crippen molar-refractivity contribution in [3.63, 3.8) is 0 Å². The molecule has 0 aromatic heterocycles. The Hall–Kier alpha value is -1.08. The van der Waals surface area contributed by atoms with Crippen molar-refractivity contribution >= 4 is 6.08 Å². The molecular formula is C12H17N. The number of rotatable bonds is 3. The Bertz CT molecular complexity index is 287. The van der Waals surface area contributed by atoms with E-state index in [4.69, 9.17) is 0 Å². The van der Waals surface area contributed by atoms with Gasteiger partial charge in [-0.05, 0) is 32.1 Å². The molecule has 0 saturated carbocycles. The number of hydrogen-bond acceptors (Lipinski definition) is 1. The third-order valence-corrected chi connectivity index (χ3v) is 1.81. The number of benzene rings is 1. The molecule has 0 atom stereocenters. The largest absolute Gasteiger partial charge is 0.305 e. The van der Waals surface area contributed by atoms with Crippen molar-refractivity contribution in [2.24, 2.45) is 0 Å². The number of allylic oxidation sites excluding steroid dienone is 1. The highest BCUT2D eigenvalue weighted by Crippen LogP contribution is 2.08. The molecule has 1 aromatic rings. The molecule has 1 heteroatoms. The molecule has 0 radical (unpaired) electrons. The Balaban J connectivity index is 2.79. The van der Waals surface area contributed by atoms with Crippen LogP contribution in [0, 0.1) is 0 Å². The second kappa shape index (κ2) is 4.83. The minimum Gasteiger partial charge on any atom is -0.305 e. The molecule has 0 bridgehead atoms. The maximum atomic E-state index is 2.22. The maximum Gasteiger partial charge on any atom is 0.0227 e. The summed E-state index contributed by atoms with van der Waals surface area (Å²) < 4.78 is 0. The third-order valence-electron chi connectivity index (χ3n) is 1.81. The number of hydrogen-bond donors (Lipinski definition) is 0. The van der Waals surface area contributed by atoms with Gasteiger partial charge in [0.05, 0.1) is 0 Å². The van der Waals surface area contributed by atoms with Crippen LogP contribution in [0.5, 0.6) is 0 Å². The van der Waals surface area contributed by atoms with Crippen LogP contribution in [0.2, 0.25) is 0 Å². The Morgan fingerprint density at radius 3 is 2.69 bits per heavy atom. The zero-order valence-corrected chi connectivity index (χ0v) is 8.62. The quantitative estimate of drug-likeness (QED) is 0.682. The lowest BCUT2D eigenvalue weighted by Crippen LogP contribution is -2.10. The minimum absolute atomic E-state index is 1.01. The fraction of sp³-hybridized carbons (Fsp3) is 0.333. The first-order chi connectivity index (χ1) is 6.22. The monoisotopic (exact) mass is 175 g/mol. The van der Waals surface area contributed by atoms with Crippen molar-refractivity contribution in [1.29, 1.82) is 0 Å². The predicted molar refractivity (Wildman–Crippen MR) is 58.5 cm³/mol. The first kappa shape index (κ1) is 10.0. The molecule has 0 unspecified atom stereocenters. The van der Waals surface area contributed by atoms with Gasteiger partial charge in [0.15, 0.2) is 0 Å². The van der Waals surface area contributed by atoms with Crippen LogP contribution in [-0.2, 0) is 6.54 Å². The highest BCUT2D eigenvalue weighted by atomic mass is 15.0. The van der Waals surface area contributed by atoms with E-state index in [0.717, 1.165) is 6.54 Å². The second-order valence-electron chi connectivity index (χ2n) is 3.48. The van der Waals surface area contributed by atoms with Gasteiger partial charge in [-0.3, -0.25) is 0 Å². The van der Waals surface area contributed by atoms with Gasteiger partial charge in [-0.2, -0.15) is 0 Å². The highest BCUT2D eigenvalue weighted by molar-refractivity contribution is 5.49. The summed E-state index contributed by atoms with van der Waals surface area (Å²) in [5.41, 5.74) is 2.64. The second-order valence-corrected chi connectivity index (χ2v) is 3.48. The molecular weight excluding hydrogens is 158 g/mol. The van der Waals surface area contributed by atoms with Crippen molar-refractivity contribution in [3.8, 4) is 0 Å². The lowest BCUT2D eigenvalue weighted by atomic mass is 10.1. The van der Waals surface area contributed by atoms with E-state index in [1.54, 1.807) is 0 Å². The van der Waals surface area contributed by atoms with Crippen LogP contribution < -0.4 is 0 Å². The Kier molecular flexibility index (Phi) is 3.71. The van der Waals surface area contributed by atoms with Crippen molar-refractivity contribution in [3.05, 3.63) is 41.5 Å². The molecule has 1 aromatic carbocycles. The topological polar surface area (TPSA) is 3.24 Å². The molecule has 0 spiro atoms. The molecule has 0 aliphatic heterocycles. The average Bonchev–Trinajstić information content (AvgIpc) is 2.04. The van der Waals surface area contributed by atoms with E-state index in [0.29, 0.717) is 0 Å². The maximum absolute atomic E-state index is 2.22. The SMILES string of the molecule is CC=Cc1cccc(CN(C)C)c1. The van der Waals surface area contributed by atoms with Gasteiger partial charge in [-0.15, -0.1) is 0 Å². The lowest BCUT2D eigenvalue weighted by molar-refractivity contribution is 0.402. The highest BCUT2D eigenvalue weighted by Gasteiger charge is 1.94. The van der Waals surface area contributed by atoms with Crippen molar-refractivity contribution < 1.29 is 0 Å². The smallest absolute Gasteiger partial charge is 0.0227 e. The van der Waals surface area contributed by atoms with Crippen LogP contribution >= 0.6 is 0 Å². The molecule has 0 heterocycles. The van der Waals surface area contributed by atoms with Crippen LogP contribution in [0.25, 0.3) is 6.08 Å². The van der Waals surface area contributed by atoms with Gasteiger partial charge < -0.3 is 4.90 Å². The van der Waals surface area contributed by atoms with Gasteiger partial charge in [-0.1, -0.05) is 36.4 Å². The standard InChI is InChI=1S/C12H17N/c1-4-6-11-7-5-8-12(9-11)10-13(2)3/h4-9H,10H2,1-3H3. The summed E-state index contributed by atoms with van der Waals surface area (Å²) >= 11 is 0.